The molecule has 0 fully saturated rings. The Morgan fingerprint density at radius 2 is 1.81 bits per heavy atom. The van der Waals surface area contributed by atoms with Crippen molar-refractivity contribution in [3.05, 3.63) is 87.6 Å². The number of sulfonamides is 1. The van der Waals surface area contributed by atoms with Crippen LogP contribution in [-0.2, 0) is 29.4 Å². The van der Waals surface area contributed by atoms with Crippen molar-refractivity contribution in [3.63, 3.8) is 0 Å². The average molecular weight is 452 g/mol. The molecular weight excluding hydrogens is 422 g/mol. The van der Waals surface area contributed by atoms with Crippen LogP contribution in [0.1, 0.15) is 41.9 Å². The summed E-state index contributed by atoms with van der Waals surface area (Å²) in [4.78, 5) is 18.1. The van der Waals surface area contributed by atoms with Gasteiger partial charge in [-0.3, -0.25) is 9.36 Å². The zero-order valence-corrected chi connectivity index (χ0v) is 19.5. The third kappa shape index (κ3) is 4.69. The van der Waals surface area contributed by atoms with Gasteiger partial charge in [-0.1, -0.05) is 54.6 Å². The predicted octanol–water partition coefficient (Wildman–Crippen LogP) is 3.43. The van der Waals surface area contributed by atoms with Gasteiger partial charge in [0.15, 0.2) is 0 Å². The topological polar surface area (TPSA) is 81.1 Å². The standard InChI is InChI=1S/C25H29N3O3S/c1-4-28-17(2)26-23-14-13-22(27-32(3,30)31)21(24(23)25(28)29)16-18-9-8-12-20(15-18)19-10-6-5-7-11-19/h5-12,15,21-22,27H,4,13-14,16H2,1-3H3/t21-,22-/m0/s1. The maximum absolute atomic E-state index is 13.4. The van der Waals surface area contributed by atoms with E-state index in [-0.39, 0.29) is 17.5 Å². The lowest BCUT2D eigenvalue weighted by Gasteiger charge is -2.33. The van der Waals surface area contributed by atoms with Crippen LogP contribution in [0.3, 0.4) is 0 Å². The van der Waals surface area contributed by atoms with Crippen molar-refractivity contribution in [2.24, 2.45) is 0 Å². The number of nitrogens with one attached hydrogen (secondary N) is 1. The molecule has 32 heavy (non-hydrogen) atoms. The fourth-order valence-corrected chi connectivity index (χ4v) is 5.62. The van der Waals surface area contributed by atoms with Crippen LogP contribution in [0.25, 0.3) is 11.1 Å². The predicted molar refractivity (Wildman–Crippen MR) is 127 cm³/mol. The number of rotatable bonds is 6. The van der Waals surface area contributed by atoms with Gasteiger partial charge in [-0.15, -0.1) is 0 Å². The summed E-state index contributed by atoms with van der Waals surface area (Å²) >= 11 is 0. The molecule has 2 aromatic carbocycles. The second-order valence-corrected chi connectivity index (χ2v) is 10.3. The summed E-state index contributed by atoms with van der Waals surface area (Å²) in [7, 11) is -3.42. The first-order valence-electron chi connectivity index (χ1n) is 11.0. The van der Waals surface area contributed by atoms with Gasteiger partial charge in [0.25, 0.3) is 5.56 Å². The second-order valence-electron chi connectivity index (χ2n) is 8.48. The smallest absolute Gasteiger partial charge is 0.257 e. The number of fused-ring (bicyclic) bond motifs is 1. The van der Waals surface area contributed by atoms with Gasteiger partial charge in [-0.05, 0) is 49.8 Å². The molecule has 3 aromatic rings. The van der Waals surface area contributed by atoms with E-state index >= 15 is 0 Å². The summed E-state index contributed by atoms with van der Waals surface area (Å²) in [6, 6.07) is 18.0. The van der Waals surface area contributed by atoms with Crippen molar-refractivity contribution < 1.29 is 8.42 Å². The van der Waals surface area contributed by atoms with Crippen LogP contribution >= 0.6 is 0 Å². The van der Waals surface area contributed by atoms with Crippen LogP contribution in [0.4, 0.5) is 0 Å². The minimum atomic E-state index is -3.42. The van der Waals surface area contributed by atoms with Gasteiger partial charge in [-0.2, -0.15) is 0 Å². The van der Waals surface area contributed by atoms with Gasteiger partial charge < -0.3 is 0 Å². The molecule has 0 spiro atoms. The van der Waals surface area contributed by atoms with Gasteiger partial charge in [0, 0.05) is 24.1 Å². The Morgan fingerprint density at radius 1 is 1.09 bits per heavy atom. The highest BCUT2D eigenvalue weighted by molar-refractivity contribution is 7.88. The molecule has 7 heteroatoms. The highest BCUT2D eigenvalue weighted by Gasteiger charge is 2.35. The largest absolute Gasteiger partial charge is 0.297 e. The molecule has 0 aliphatic heterocycles. The van der Waals surface area contributed by atoms with Crippen molar-refractivity contribution in [1.29, 1.82) is 0 Å². The van der Waals surface area contributed by atoms with Crippen LogP contribution < -0.4 is 10.3 Å². The summed E-state index contributed by atoms with van der Waals surface area (Å²) in [5.41, 5.74) is 4.67. The van der Waals surface area contributed by atoms with Crippen molar-refractivity contribution in [2.45, 2.75) is 51.6 Å². The van der Waals surface area contributed by atoms with Crippen molar-refractivity contribution >= 4 is 10.0 Å². The van der Waals surface area contributed by atoms with Crippen LogP contribution in [0.5, 0.6) is 0 Å². The zero-order valence-electron chi connectivity index (χ0n) is 18.7. The monoisotopic (exact) mass is 451 g/mol. The van der Waals surface area contributed by atoms with E-state index in [1.165, 1.54) is 6.26 Å². The number of benzene rings is 2. The Labute approximate surface area is 189 Å². The number of aromatic nitrogens is 2. The molecule has 168 valence electrons. The van der Waals surface area contributed by atoms with E-state index < -0.39 is 10.0 Å². The Morgan fingerprint density at radius 3 is 2.50 bits per heavy atom. The highest BCUT2D eigenvalue weighted by atomic mass is 32.2. The minimum absolute atomic E-state index is 0.0563. The van der Waals surface area contributed by atoms with Crippen molar-refractivity contribution in [2.75, 3.05) is 6.26 Å². The Kier molecular flexibility index (Phi) is 6.31. The third-order valence-corrected chi connectivity index (χ3v) is 6.92. The van der Waals surface area contributed by atoms with E-state index in [4.69, 9.17) is 4.98 Å². The number of aryl methyl sites for hydroxylation is 2. The molecule has 6 nitrogen and oxygen atoms in total. The van der Waals surface area contributed by atoms with E-state index in [0.717, 1.165) is 22.4 Å². The van der Waals surface area contributed by atoms with Gasteiger partial charge in [0.1, 0.15) is 5.82 Å². The van der Waals surface area contributed by atoms with E-state index in [1.54, 1.807) is 4.57 Å². The molecular formula is C25H29N3O3S. The minimum Gasteiger partial charge on any atom is -0.297 e. The van der Waals surface area contributed by atoms with Gasteiger partial charge in [0.05, 0.1) is 11.9 Å². The van der Waals surface area contributed by atoms with Crippen molar-refractivity contribution in [1.82, 2.24) is 14.3 Å². The lowest BCUT2D eigenvalue weighted by Crippen LogP contribution is -2.46. The number of hydrogen-bond acceptors (Lipinski definition) is 4. The number of hydrogen-bond donors (Lipinski definition) is 1. The first-order chi connectivity index (χ1) is 15.3. The highest BCUT2D eigenvalue weighted by Crippen LogP contribution is 2.33. The summed E-state index contributed by atoms with van der Waals surface area (Å²) in [5.74, 6) is 0.425. The Bertz CT molecular complexity index is 1280. The maximum atomic E-state index is 13.4. The zero-order chi connectivity index (χ0) is 22.9. The number of nitrogens with zero attached hydrogens (tertiary/aromatic N) is 2. The van der Waals surface area contributed by atoms with Gasteiger partial charge in [-0.25, -0.2) is 18.1 Å². The van der Waals surface area contributed by atoms with Crippen LogP contribution in [0, 0.1) is 6.92 Å². The quantitative estimate of drug-likeness (QED) is 0.623. The molecule has 2 atom stereocenters. The molecule has 0 unspecified atom stereocenters. The molecule has 1 aliphatic carbocycles. The lowest BCUT2D eigenvalue weighted by atomic mass is 9.78. The average Bonchev–Trinajstić information content (AvgIpc) is 2.75. The van der Waals surface area contributed by atoms with Crippen LogP contribution in [0.2, 0.25) is 0 Å². The molecule has 1 aliphatic rings. The molecule has 1 N–H and O–H groups in total. The summed E-state index contributed by atoms with van der Waals surface area (Å²) < 4.78 is 28.7. The third-order valence-electron chi connectivity index (χ3n) is 6.19. The second kappa shape index (κ2) is 9.00. The summed E-state index contributed by atoms with van der Waals surface area (Å²) in [6.45, 7) is 4.31. The van der Waals surface area contributed by atoms with Crippen LogP contribution in [-0.4, -0.2) is 30.3 Å². The molecule has 0 saturated heterocycles. The first-order valence-corrected chi connectivity index (χ1v) is 12.9. The Hall–Kier alpha value is -2.77. The first kappa shape index (κ1) is 22.4. The normalized spacial score (nSPS) is 18.3. The molecule has 0 saturated carbocycles. The molecule has 0 bridgehead atoms. The molecule has 0 amide bonds. The molecule has 4 rings (SSSR count). The van der Waals surface area contributed by atoms with Crippen molar-refractivity contribution in [3.8, 4) is 11.1 Å². The fourth-order valence-electron chi connectivity index (χ4n) is 4.78. The lowest BCUT2D eigenvalue weighted by molar-refractivity contribution is 0.415. The molecule has 1 aromatic heterocycles. The maximum Gasteiger partial charge on any atom is 0.257 e. The van der Waals surface area contributed by atoms with E-state index in [9.17, 15) is 13.2 Å². The van der Waals surface area contributed by atoms with Gasteiger partial charge in [0.2, 0.25) is 10.0 Å². The summed E-state index contributed by atoms with van der Waals surface area (Å²) in [6.07, 6.45) is 2.94. The van der Waals surface area contributed by atoms with E-state index in [1.807, 2.05) is 44.2 Å². The molecule has 0 radical (unpaired) electrons. The van der Waals surface area contributed by atoms with Gasteiger partial charge >= 0.3 is 0 Å². The fraction of sp³-hybridized carbons (Fsp3) is 0.360. The Balaban J connectivity index is 1.79. The van der Waals surface area contributed by atoms with Crippen LogP contribution in [0.15, 0.2) is 59.4 Å². The van der Waals surface area contributed by atoms with E-state index in [0.29, 0.717) is 37.2 Å². The SMILES string of the molecule is CCn1c(C)nc2c(c1=O)[C@@H](Cc1cccc(-c3ccccc3)c1)[C@@H](NS(C)(=O)=O)CC2. The molecule has 1 heterocycles. The summed E-state index contributed by atoms with van der Waals surface area (Å²) in [5, 5.41) is 0. The van der Waals surface area contributed by atoms with E-state index in [2.05, 4.69) is 29.0 Å².